The van der Waals surface area contributed by atoms with E-state index in [1.54, 1.807) is 6.07 Å². The van der Waals surface area contributed by atoms with Gasteiger partial charge in [-0.25, -0.2) is 13.1 Å². The number of hydrogen-bond donors (Lipinski definition) is 2. The van der Waals surface area contributed by atoms with Crippen molar-refractivity contribution in [1.29, 1.82) is 0 Å². The van der Waals surface area contributed by atoms with Crippen LogP contribution >= 0.6 is 11.8 Å². The van der Waals surface area contributed by atoms with E-state index in [-0.39, 0.29) is 24.0 Å². The topological polar surface area (TPSA) is 84.5 Å². The van der Waals surface area contributed by atoms with Crippen molar-refractivity contribution in [3.05, 3.63) is 54.1 Å². The molecule has 0 saturated carbocycles. The molecular formula is C18H22N2O4S2. The molecule has 8 heteroatoms. The second kappa shape index (κ2) is 9.72. The molecule has 0 spiro atoms. The summed E-state index contributed by atoms with van der Waals surface area (Å²) >= 11 is 1.43. The van der Waals surface area contributed by atoms with Gasteiger partial charge >= 0.3 is 0 Å². The maximum Gasteiger partial charge on any atom is 0.240 e. The first-order chi connectivity index (χ1) is 12.4. The number of thioether (sulfide) groups is 1. The minimum Gasteiger partial charge on any atom is -0.375 e. The number of anilines is 1. The van der Waals surface area contributed by atoms with Crippen LogP contribution in [-0.4, -0.2) is 33.7 Å². The van der Waals surface area contributed by atoms with Gasteiger partial charge in [-0.05, 0) is 30.0 Å². The number of carbonyl (C=O) groups is 1. The first kappa shape index (κ1) is 20.4. The first-order valence-corrected chi connectivity index (χ1v) is 10.7. The molecule has 2 rings (SSSR count). The van der Waals surface area contributed by atoms with E-state index in [0.717, 1.165) is 10.5 Å². The lowest BCUT2D eigenvalue weighted by molar-refractivity contribution is -0.114. The van der Waals surface area contributed by atoms with Gasteiger partial charge in [-0.1, -0.05) is 30.3 Å². The zero-order chi connectivity index (χ0) is 19.0. The van der Waals surface area contributed by atoms with Gasteiger partial charge in [0.05, 0.1) is 23.8 Å². The summed E-state index contributed by atoms with van der Waals surface area (Å²) < 4.78 is 32.8. The maximum atomic E-state index is 12.4. The van der Waals surface area contributed by atoms with Crippen molar-refractivity contribution < 1.29 is 17.9 Å². The second-order valence-corrected chi connectivity index (χ2v) is 8.09. The number of ether oxygens (including phenoxy) is 1. The van der Waals surface area contributed by atoms with Gasteiger partial charge in [0.25, 0.3) is 0 Å². The third-order valence-corrected chi connectivity index (χ3v) is 5.70. The largest absolute Gasteiger partial charge is 0.375 e. The highest BCUT2D eigenvalue weighted by Gasteiger charge is 2.16. The van der Waals surface area contributed by atoms with E-state index in [1.807, 2.05) is 36.6 Å². The summed E-state index contributed by atoms with van der Waals surface area (Å²) in [7, 11) is -3.68. The van der Waals surface area contributed by atoms with E-state index in [9.17, 15) is 13.2 Å². The number of sulfonamides is 1. The zero-order valence-corrected chi connectivity index (χ0v) is 16.3. The molecular weight excluding hydrogens is 372 g/mol. The molecule has 26 heavy (non-hydrogen) atoms. The summed E-state index contributed by atoms with van der Waals surface area (Å²) in [5.74, 6) is -0.253. The van der Waals surface area contributed by atoms with Crippen molar-refractivity contribution in [1.82, 2.24) is 4.72 Å². The molecule has 6 nitrogen and oxygen atoms in total. The highest BCUT2D eigenvalue weighted by Crippen LogP contribution is 2.28. The van der Waals surface area contributed by atoms with Crippen LogP contribution in [0.1, 0.15) is 12.5 Å². The van der Waals surface area contributed by atoms with Crippen LogP contribution in [0.25, 0.3) is 0 Å². The predicted molar refractivity (Wildman–Crippen MR) is 104 cm³/mol. The molecule has 0 aliphatic heterocycles. The van der Waals surface area contributed by atoms with Crippen molar-refractivity contribution in [3.63, 3.8) is 0 Å². The maximum absolute atomic E-state index is 12.4. The summed E-state index contributed by atoms with van der Waals surface area (Å²) in [6.45, 7) is 2.23. The fourth-order valence-corrected chi connectivity index (χ4v) is 3.81. The molecule has 0 heterocycles. The average Bonchev–Trinajstić information content (AvgIpc) is 2.61. The lowest BCUT2D eigenvalue weighted by atomic mass is 10.2. The Kier molecular flexibility index (Phi) is 7.65. The molecule has 0 aliphatic rings. The molecule has 0 unspecified atom stereocenters. The fourth-order valence-electron chi connectivity index (χ4n) is 2.24. The Hall–Kier alpha value is -1.87. The Labute approximate surface area is 158 Å². The number of hydrogen-bond acceptors (Lipinski definition) is 5. The lowest BCUT2D eigenvalue weighted by Crippen LogP contribution is -2.27. The normalized spacial score (nSPS) is 11.3. The van der Waals surface area contributed by atoms with Crippen LogP contribution in [0, 0.1) is 0 Å². The van der Waals surface area contributed by atoms with E-state index in [2.05, 4.69) is 10.0 Å². The van der Waals surface area contributed by atoms with Gasteiger partial charge in [-0.3, -0.25) is 4.79 Å². The molecule has 0 radical (unpaired) electrons. The van der Waals surface area contributed by atoms with Crippen LogP contribution < -0.4 is 10.0 Å². The van der Waals surface area contributed by atoms with Crippen LogP contribution in [0.4, 0.5) is 5.69 Å². The van der Waals surface area contributed by atoms with Gasteiger partial charge in [-0.15, -0.1) is 11.8 Å². The number of benzene rings is 2. The molecule has 0 fully saturated rings. The van der Waals surface area contributed by atoms with Crippen LogP contribution in [0.5, 0.6) is 0 Å². The molecule has 0 aromatic heterocycles. The monoisotopic (exact) mass is 394 g/mol. The van der Waals surface area contributed by atoms with Gasteiger partial charge in [0, 0.05) is 18.4 Å². The molecule has 1 amide bonds. The van der Waals surface area contributed by atoms with E-state index >= 15 is 0 Å². The second-order valence-electron chi connectivity index (χ2n) is 5.48. The fraction of sp³-hybridized carbons (Fsp3) is 0.278. The van der Waals surface area contributed by atoms with Gasteiger partial charge in [0.2, 0.25) is 15.9 Å². The summed E-state index contributed by atoms with van der Waals surface area (Å²) in [4.78, 5) is 12.2. The molecule has 0 aliphatic carbocycles. The number of nitrogens with one attached hydrogen (secondary N) is 2. The number of amides is 1. The Morgan fingerprint density at radius 2 is 1.88 bits per heavy atom. The Morgan fingerprint density at radius 1 is 1.15 bits per heavy atom. The molecule has 2 aromatic carbocycles. The molecule has 0 saturated heterocycles. The standard InChI is InChI=1S/C18H22N2O4S2/c1-14(21)20-17-12-16(8-9-18(17)25-2)26(22,23)19-10-11-24-13-15-6-4-3-5-7-15/h3-9,12,19H,10-11,13H2,1-2H3,(H,20,21). The predicted octanol–water partition coefficient (Wildman–Crippen LogP) is 2.86. The van der Waals surface area contributed by atoms with Crippen molar-refractivity contribution in [2.24, 2.45) is 0 Å². The van der Waals surface area contributed by atoms with Crippen molar-refractivity contribution in [2.75, 3.05) is 24.7 Å². The first-order valence-electron chi connectivity index (χ1n) is 7.99. The van der Waals surface area contributed by atoms with Crippen molar-refractivity contribution in [3.8, 4) is 0 Å². The zero-order valence-electron chi connectivity index (χ0n) is 14.7. The van der Waals surface area contributed by atoms with Gasteiger partial charge in [-0.2, -0.15) is 0 Å². The molecule has 140 valence electrons. The quantitative estimate of drug-likeness (QED) is 0.505. The molecule has 2 aromatic rings. The Bertz CT molecular complexity index is 840. The minimum absolute atomic E-state index is 0.0992. The van der Waals surface area contributed by atoms with Gasteiger partial charge in [0.15, 0.2) is 0 Å². The summed E-state index contributed by atoms with van der Waals surface area (Å²) in [5, 5.41) is 2.65. The van der Waals surface area contributed by atoms with E-state index in [0.29, 0.717) is 12.3 Å². The van der Waals surface area contributed by atoms with Crippen LogP contribution in [-0.2, 0) is 26.2 Å². The van der Waals surface area contributed by atoms with Crippen LogP contribution in [0.2, 0.25) is 0 Å². The average molecular weight is 395 g/mol. The van der Waals surface area contributed by atoms with Crippen molar-refractivity contribution in [2.45, 2.75) is 23.3 Å². The highest BCUT2D eigenvalue weighted by molar-refractivity contribution is 7.98. The smallest absolute Gasteiger partial charge is 0.240 e. The Balaban J connectivity index is 1.93. The summed E-state index contributed by atoms with van der Waals surface area (Å²) in [6, 6.07) is 14.3. The SMILES string of the molecule is CSc1ccc(S(=O)(=O)NCCOCc2ccccc2)cc1NC(C)=O. The number of rotatable bonds is 9. The van der Waals surface area contributed by atoms with Gasteiger partial charge < -0.3 is 10.1 Å². The van der Waals surface area contributed by atoms with Gasteiger partial charge in [0.1, 0.15) is 0 Å². The van der Waals surface area contributed by atoms with E-state index in [1.165, 1.54) is 30.8 Å². The molecule has 0 atom stereocenters. The number of carbonyl (C=O) groups excluding carboxylic acids is 1. The minimum atomic E-state index is -3.68. The van der Waals surface area contributed by atoms with E-state index < -0.39 is 10.0 Å². The van der Waals surface area contributed by atoms with Crippen LogP contribution in [0.15, 0.2) is 58.3 Å². The Morgan fingerprint density at radius 3 is 2.54 bits per heavy atom. The van der Waals surface area contributed by atoms with Crippen LogP contribution in [0.3, 0.4) is 0 Å². The highest BCUT2D eigenvalue weighted by atomic mass is 32.2. The summed E-state index contributed by atoms with van der Waals surface area (Å²) in [6.07, 6.45) is 1.86. The van der Waals surface area contributed by atoms with Crippen molar-refractivity contribution >= 4 is 33.4 Å². The molecule has 0 bridgehead atoms. The third kappa shape index (κ3) is 6.14. The third-order valence-electron chi connectivity index (χ3n) is 3.44. The lowest BCUT2D eigenvalue weighted by Gasteiger charge is -2.12. The van der Waals surface area contributed by atoms with E-state index in [4.69, 9.17) is 4.74 Å². The molecule has 2 N–H and O–H groups in total. The summed E-state index contributed by atoms with van der Waals surface area (Å²) in [5.41, 5.74) is 1.51.